The van der Waals surface area contributed by atoms with E-state index in [2.05, 4.69) is 0 Å². The summed E-state index contributed by atoms with van der Waals surface area (Å²) in [5.74, 6) is -22.3. The summed E-state index contributed by atoms with van der Waals surface area (Å²) in [6.07, 6.45) is -6.70. The molecule has 0 radical (unpaired) electrons. The van der Waals surface area contributed by atoms with Crippen LogP contribution in [0.2, 0.25) is 0 Å². The van der Waals surface area contributed by atoms with Crippen LogP contribution in [0.5, 0.6) is 0 Å². The second kappa shape index (κ2) is 5.78. The summed E-state index contributed by atoms with van der Waals surface area (Å²) in [4.78, 5) is 0. The molecule has 0 amide bonds. The van der Waals surface area contributed by atoms with Crippen LogP contribution < -0.4 is 0 Å². The van der Waals surface area contributed by atoms with E-state index >= 15 is 0 Å². The van der Waals surface area contributed by atoms with E-state index in [1.165, 1.54) is 6.92 Å². The molecule has 1 rings (SSSR count). The molecular weight excluding hydrogens is 327 g/mol. The molecule has 0 heterocycles. The van der Waals surface area contributed by atoms with Crippen LogP contribution in [-0.4, -0.2) is 23.9 Å². The molecule has 1 saturated carbocycles. The first kappa shape index (κ1) is 19.4. The molecule has 132 valence electrons. The van der Waals surface area contributed by atoms with Crippen LogP contribution in [0.15, 0.2) is 0 Å². The van der Waals surface area contributed by atoms with E-state index in [0.717, 1.165) is 0 Å². The van der Waals surface area contributed by atoms with Gasteiger partial charge in [-0.3, -0.25) is 0 Å². The molecule has 0 spiro atoms. The maximum atomic E-state index is 13.9. The van der Waals surface area contributed by atoms with Crippen LogP contribution in [0.4, 0.5) is 39.5 Å². The summed E-state index contributed by atoms with van der Waals surface area (Å²) in [7, 11) is 0. The lowest BCUT2D eigenvalue weighted by Crippen LogP contribution is -2.63. The Kier molecular flexibility index (Phi) is 5.10. The Hall–Kier alpha value is -0.630. The fraction of sp³-hybridized carbons (Fsp3) is 1.00. The molecular formula is C13H17F9. The highest BCUT2D eigenvalue weighted by Crippen LogP contribution is 2.59. The molecule has 0 aromatic carbocycles. The maximum Gasteiger partial charge on any atom is 0.460 e. The fourth-order valence-corrected chi connectivity index (χ4v) is 3.09. The van der Waals surface area contributed by atoms with Crippen molar-refractivity contribution in [1.29, 1.82) is 0 Å². The van der Waals surface area contributed by atoms with E-state index < -0.39 is 42.2 Å². The molecule has 9 heteroatoms. The van der Waals surface area contributed by atoms with Gasteiger partial charge in [0.05, 0.1) is 0 Å². The number of hydrogen-bond acceptors (Lipinski definition) is 0. The predicted octanol–water partition coefficient (Wildman–Crippen LogP) is 5.92. The first-order valence-electron chi connectivity index (χ1n) is 6.94. The molecule has 1 fully saturated rings. The third-order valence-corrected chi connectivity index (χ3v) is 4.53. The highest BCUT2D eigenvalue weighted by Gasteiger charge is 2.83. The van der Waals surface area contributed by atoms with Gasteiger partial charge in [-0.15, -0.1) is 0 Å². The fourth-order valence-electron chi connectivity index (χ4n) is 3.09. The molecule has 0 aromatic heterocycles. The molecule has 3 unspecified atom stereocenters. The molecule has 1 aliphatic carbocycles. The number of hydrogen-bond donors (Lipinski definition) is 0. The van der Waals surface area contributed by atoms with Crippen LogP contribution in [0.25, 0.3) is 0 Å². The lowest BCUT2D eigenvalue weighted by molar-refractivity contribution is -0.404. The molecule has 0 saturated heterocycles. The number of halogens is 9. The lowest BCUT2D eigenvalue weighted by atomic mass is 9.83. The van der Waals surface area contributed by atoms with Gasteiger partial charge >= 0.3 is 23.9 Å². The topological polar surface area (TPSA) is 0 Å². The quantitative estimate of drug-likeness (QED) is 0.543. The van der Waals surface area contributed by atoms with Crippen molar-refractivity contribution in [1.82, 2.24) is 0 Å². The summed E-state index contributed by atoms with van der Waals surface area (Å²) in [5.41, 5.74) is 0. The minimum Gasteiger partial charge on any atom is -0.199 e. The van der Waals surface area contributed by atoms with Crippen molar-refractivity contribution in [3.05, 3.63) is 0 Å². The normalized spacial score (nSPS) is 28.2. The van der Waals surface area contributed by atoms with Crippen LogP contribution in [0.3, 0.4) is 0 Å². The Balaban J connectivity index is 3.21. The van der Waals surface area contributed by atoms with E-state index in [0.29, 0.717) is 6.42 Å². The number of rotatable bonds is 5. The monoisotopic (exact) mass is 344 g/mol. The largest absolute Gasteiger partial charge is 0.460 e. The minimum absolute atomic E-state index is 0.0183. The summed E-state index contributed by atoms with van der Waals surface area (Å²) < 4.78 is 117. The first-order valence-corrected chi connectivity index (χ1v) is 6.94. The summed E-state index contributed by atoms with van der Waals surface area (Å²) >= 11 is 0. The van der Waals surface area contributed by atoms with Gasteiger partial charge in [0.25, 0.3) is 0 Å². The molecule has 1 aliphatic rings. The van der Waals surface area contributed by atoms with Crippen molar-refractivity contribution >= 4 is 0 Å². The van der Waals surface area contributed by atoms with Gasteiger partial charge in [0.1, 0.15) is 0 Å². The highest BCUT2D eigenvalue weighted by molar-refractivity contribution is 5.05. The summed E-state index contributed by atoms with van der Waals surface area (Å²) in [6, 6.07) is 0. The Morgan fingerprint density at radius 2 is 1.23 bits per heavy atom. The third-order valence-electron chi connectivity index (χ3n) is 4.53. The molecule has 0 N–H and O–H groups in total. The van der Waals surface area contributed by atoms with Crippen LogP contribution in [0, 0.1) is 17.8 Å². The molecule has 0 bridgehead atoms. The molecule has 22 heavy (non-hydrogen) atoms. The average molecular weight is 344 g/mol. The van der Waals surface area contributed by atoms with Crippen molar-refractivity contribution < 1.29 is 39.5 Å². The number of alkyl halides is 9. The zero-order chi connectivity index (χ0) is 17.6. The van der Waals surface area contributed by atoms with Gasteiger partial charge in [-0.1, -0.05) is 26.7 Å². The SMILES string of the molecule is CCC1CC(CC)C(C(F)(F)C(F)(F)C(F)(F)C(F)(F)F)C1. The zero-order valence-corrected chi connectivity index (χ0v) is 12.0. The summed E-state index contributed by atoms with van der Waals surface area (Å²) in [6.45, 7) is 3.05. The predicted molar refractivity (Wildman–Crippen MR) is 61.2 cm³/mol. The van der Waals surface area contributed by atoms with E-state index in [1.54, 1.807) is 6.92 Å². The third kappa shape index (κ3) is 2.79. The van der Waals surface area contributed by atoms with E-state index in [1.807, 2.05) is 0 Å². The second-order valence-electron chi connectivity index (χ2n) is 5.79. The standard InChI is InChI=1S/C13H17F9/c1-3-7-5-8(4-2)9(6-7)10(14,15)11(16,17)12(18,19)13(20,21)22/h7-9H,3-6H2,1-2H3. The van der Waals surface area contributed by atoms with Gasteiger partial charge in [0.2, 0.25) is 0 Å². The van der Waals surface area contributed by atoms with Crippen molar-refractivity contribution in [3.63, 3.8) is 0 Å². The Labute approximate surface area is 122 Å². The van der Waals surface area contributed by atoms with Gasteiger partial charge < -0.3 is 0 Å². The van der Waals surface area contributed by atoms with Gasteiger partial charge in [-0.05, 0) is 24.7 Å². The van der Waals surface area contributed by atoms with E-state index in [9.17, 15) is 39.5 Å². The van der Waals surface area contributed by atoms with E-state index in [4.69, 9.17) is 0 Å². The van der Waals surface area contributed by atoms with Gasteiger partial charge in [-0.25, -0.2) is 0 Å². The van der Waals surface area contributed by atoms with Crippen LogP contribution in [-0.2, 0) is 0 Å². The minimum atomic E-state index is -6.79. The Morgan fingerprint density at radius 3 is 1.59 bits per heavy atom. The zero-order valence-electron chi connectivity index (χ0n) is 12.0. The molecule has 0 nitrogen and oxygen atoms in total. The van der Waals surface area contributed by atoms with Gasteiger partial charge in [0, 0.05) is 5.92 Å². The van der Waals surface area contributed by atoms with Gasteiger partial charge in [-0.2, -0.15) is 39.5 Å². The first-order chi connectivity index (χ1) is 9.74. The van der Waals surface area contributed by atoms with Gasteiger partial charge in [0.15, 0.2) is 0 Å². The van der Waals surface area contributed by atoms with E-state index in [-0.39, 0.29) is 18.8 Å². The smallest absolute Gasteiger partial charge is 0.199 e. The van der Waals surface area contributed by atoms with Crippen molar-refractivity contribution in [2.24, 2.45) is 17.8 Å². The van der Waals surface area contributed by atoms with Crippen molar-refractivity contribution in [3.8, 4) is 0 Å². The Bertz CT molecular complexity index is 385. The van der Waals surface area contributed by atoms with Crippen molar-refractivity contribution in [2.45, 2.75) is 63.5 Å². The summed E-state index contributed by atoms with van der Waals surface area (Å²) in [5, 5.41) is 0. The second-order valence-corrected chi connectivity index (χ2v) is 5.79. The van der Waals surface area contributed by atoms with Crippen molar-refractivity contribution in [2.75, 3.05) is 0 Å². The highest BCUT2D eigenvalue weighted by atomic mass is 19.4. The maximum absolute atomic E-state index is 13.9. The van der Waals surface area contributed by atoms with Crippen LogP contribution >= 0.6 is 0 Å². The molecule has 3 atom stereocenters. The lowest BCUT2D eigenvalue weighted by Gasteiger charge is -2.38. The van der Waals surface area contributed by atoms with Crippen LogP contribution in [0.1, 0.15) is 39.5 Å². The Morgan fingerprint density at radius 1 is 0.727 bits per heavy atom. The molecule has 0 aromatic rings. The molecule has 0 aliphatic heterocycles. The average Bonchev–Trinajstić information content (AvgIpc) is 2.80.